The number of rotatable bonds is 12. The maximum atomic E-state index is 14.7. The van der Waals surface area contributed by atoms with E-state index in [-0.39, 0.29) is 30.5 Å². The van der Waals surface area contributed by atoms with Crippen LogP contribution in [0.2, 0.25) is 0 Å². The molecule has 0 aliphatic heterocycles. The first-order valence-corrected chi connectivity index (χ1v) is 12.2. The Kier molecular flexibility index (Phi) is 9.72. The van der Waals surface area contributed by atoms with Crippen LogP contribution >= 0.6 is 0 Å². The summed E-state index contributed by atoms with van der Waals surface area (Å²) < 4.78 is 40.1. The first-order valence-electron chi connectivity index (χ1n) is 12.2. The molecule has 0 fully saturated rings. The Balaban J connectivity index is 1.99. The standard InChI is InChI=1S/C28H31F2N3O5/c1-4-25(34)32-15-18-10-20(19-7-5-6-17(9-19)14-31)12-21(11-18)37-26-22(29)13-23(30)27(33-26)38-24(28(35)36)8-16(2)3/h5-7,9-13,16,24H,4,8,14-15,31H2,1-3H3,(H,32,34)(H,35,36)/t24-/m1/s1. The summed E-state index contributed by atoms with van der Waals surface area (Å²) in [5, 5.41) is 12.2. The molecule has 0 unspecified atom stereocenters. The molecule has 0 saturated heterocycles. The fraction of sp³-hybridized carbons (Fsp3) is 0.321. The molecule has 8 nitrogen and oxygen atoms in total. The fourth-order valence-electron chi connectivity index (χ4n) is 3.65. The van der Waals surface area contributed by atoms with Crippen molar-refractivity contribution in [2.24, 2.45) is 11.7 Å². The highest BCUT2D eigenvalue weighted by Gasteiger charge is 2.25. The van der Waals surface area contributed by atoms with Crippen LogP contribution in [0.3, 0.4) is 0 Å². The Morgan fingerprint density at radius 1 is 1.03 bits per heavy atom. The second kappa shape index (κ2) is 13.0. The summed E-state index contributed by atoms with van der Waals surface area (Å²) in [5.41, 5.74) is 8.87. The smallest absolute Gasteiger partial charge is 0.344 e. The maximum Gasteiger partial charge on any atom is 0.344 e. The van der Waals surface area contributed by atoms with Gasteiger partial charge in [-0.15, -0.1) is 0 Å². The SMILES string of the molecule is CCC(=O)NCc1cc(Oc2nc(O[C@H](CC(C)C)C(=O)O)c(F)cc2F)cc(-c2cccc(CN)c2)c1. The molecule has 0 aliphatic carbocycles. The number of carbonyl (C=O) groups excluding carboxylic acids is 1. The molecule has 3 rings (SSSR count). The lowest BCUT2D eigenvalue weighted by Crippen LogP contribution is -2.29. The number of nitrogens with two attached hydrogens (primary N) is 1. The van der Waals surface area contributed by atoms with Gasteiger partial charge in [-0.1, -0.05) is 39.0 Å². The van der Waals surface area contributed by atoms with E-state index in [1.165, 1.54) is 0 Å². The third-order valence-corrected chi connectivity index (χ3v) is 5.57. The summed E-state index contributed by atoms with van der Waals surface area (Å²) in [6, 6.07) is 13.1. The monoisotopic (exact) mass is 527 g/mol. The highest BCUT2D eigenvalue weighted by atomic mass is 19.1. The largest absolute Gasteiger partial charge is 0.479 e. The zero-order valence-corrected chi connectivity index (χ0v) is 21.5. The number of benzene rings is 2. The summed E-state index contributed by atoms with van der Waals surface area (Å²) in [6.45, 7) is 5.84. The van der Waals surface area contributed by atoms with E-state index in [0.717, 1.165) is 11.1 Å². The van der Waals surface area contributed by atoms with Crippen molar-refractivity contribution in [3.05, 3.63) is 71.3 Å². The van der Waals surface area contributed by atoms with E-state index >= 15 is 0 Å². The van der Waals surface area contributed by atoms with Crippen LogP contribution in [0.25, 0.3) is 11.1 Å². The number of carboxylic acids is 1. The van der Waals surface area contributed by atoms with Gasteiger partial charge in [-0.3, -0.25) is 4.79 Å². The average molecular weight is 528 g/mol. The number of amides is 1. The molecule has 4 N–H and O–H groups in total. The molecule has 0 radical (unpaired) electrons. The normalized spacial score (nSPS) is 11.8. The first-order chi connectivity index (χ1) is 18.1. The van der Waals surface area contributed by atoms with Crippen molar-refractivity contribution in [2.75, 3.05) is 0 Å². The Morgan fingerprint density at radius 3 is 2.39 bits per heavy atom. The minimum absolute atomic E-state index is 0.0533. The van der Waals surface area contributed by atoms with Crippen LogP contribution in [0.15, 0.2) is 48.5 Å². The minimum Gasteiger partial charge on any atom is -0.479 e. The quantitative estimate of drug-likeness (QED) is 0.296. The molecule has 0 saturated carbocycles. The van der Waals surface area contributed by atoms with Gasteiger partial charge in [0.05, 0.1) is 0 Å². The van der Waals surface area contributed by atoms with Gasteiger partial charge < -0.3 is 25.6 Å². The van der Waals surface area contributed by atoms with Crippen LogP contribution in [-0.4, -0.2) is 28.1 Å². The molecule has 0 aliphatic rings. The predicted octanol–water partition coefficient (Wildman–Crippen LogP) is 5.18. The Morgan fingerprint density at radius 2 is 1.74 bits per heavy atom. The van der Waals surface area contributed by atoms with Gasteiger partial charge in [0.1, 0.15) is 5.75 Å². The van der Waals surface area contributed by atoms with Gasteiger partial charge in [-0.2, -0.15) is 4.98 Å². The van der Waals surface area contributed by atoms with Crippen molar-refractivity contribution < 1.29 is 33.0 Å². The second-order valence-electron chi connectivity index (χ2n) is 9.14. The van der Waals surface area contributed by atoms with Gasteiger partial charge in [-0.25, -0.2) is 13.6 Å². The molecule has 3 aromatic rings. The summed E-state index contributed by atoms with van der Waals surface area (Å²) in [5.74, 6) is -4.85. The van der Waals surface area contributed by atoms with Crippen molar-refractivity contribution in [1.29, 1.82) is 0 Å². The summed E-state index contributed by atoms with van der Waals surface area (Å²) in [6.07, 6.45) is -0.966. The number of carboxylic acid groups (broad SMARTS) is 1. The molecule has 1 aromatic heterocycles. The molecule has 1 heterocycles. The molecule has 202 valence electrons. The molecular formula is C28H31F2N3O5. The number of nitrogens with zero attached hydrogens (tertiary/aromatic N) is 1. The number of nitrogens with one attached hydrogen (secondary N) is 1. The number of pyridine rings is 1. The van der Waals surface area contributed by atoms with Gasteiger partial charge in [0.15, 0.2) is 17.7 Å². The van der Waals surface area contributed by atoms with Crippen LogP contribution in [-0.2, 0) is 22.7 Å². The van der Waals surface area contributed by atoms with Crippen LogP contribution in [0.1, 0.15) is 44.7 Å². The topological polar surface area (TPSA) is 124 Å². The summed E-state index contributed by atoms with van der Waals surface area (Å²) in [7, 11) is 0. The molecular weight excluding hydrogens is 496 g/mol. The average Bonchev–Trinajstić information content (AvgIpc) is 2.89. The minimum atomic E-state index is -1.37. The van der Waals surface area contributed by atoms with Crippen molar-refractivity contribution in [2.45, 2.75) is 52.8 Å². The van der Waals surface area contributed by atoms with Crippen LogP contribution in [0.4, 0.5) is 8.78 Å². The number of aliphatic carboxylic acids is 1. The lowest BCUT2D eigenvalue weighted by molar-refractivity contribution is -0.146. The highest BCUT2D eigenvalue weighted by molar-refractivity contribution is 5.75. The van der Waals surface area contributed by atoms with E-state index in [0.29, 0.717) is 30.2 Å². The number of ether oxygens (including phenoxy) is 2. The van der Waals surface area contributed by atoms with E-state index < -0.39 is 35.5 Å². The van der Waals surface area contributed by atoms with Crippen molar-refractivity contribution in [3.8, 4) is 28.6 Å². The lowest BCUT2D eigenvalue weighted by atomic mass is 10.0. The second-order valence-corrected chi connectivity index (χ2v) is 9.14. The fourth-order valence-corrected chi connectivity index (χ4v) is 3.65. The molecule has 38 heavy (non-hydrogen) atoms. The van der Waals surface area contributed by atoms with E-state index in [1.807, 2.05) is 30.3 Å². The zero-order valence-electron chi connectivity index (χ0n) is 21.5. The third-order valence-electron chi connectivity index (χ3n) is 5.57. The Labute approximate surface area is 219 Å². The van der Waals surface area contributed by atoms with Gasteiger partial charge in [0.2, 0.25) is 5.91 Å². The number of halogens is 2. The van der Waals surface area contributed by atoms with Crippen molar-refractivity contribution in [1.82, 2.24) is 10.3 Å². The van der Waals surface area contributed by atoms with E-state index in [1.54, 1.807) is 32.9 Å². The molecule has 0 spiro atoms. The third kappa shape index (κ3) is 7.72. The molecule has 2 aromatic carbocycles. The van der Waals surface area contributed by atoms with Gasteiger partial charge in [0, 0.05) is 25.6 Å². The predicted molar refractivity (Wildman–Crippen MR) is 138 cm³/mol. The number of hydrogen-bond acceptors (Lipinski definition) is 6. The van der Waals surface area contributed by atoms with E-state index in [4.69, 9.17) is 15.2 Å². The molecule has 1 atom stereocenters. The maximum absolute atomic E-state index is 14.7. The zero-order chi connectivity index (χ0) is 27.8. The number of hydrogen-bond donors (Lipinski definition) is 3. The first kappa shape index (κ1) is 28.5. The van der Waals surface area contributed by atoms with Gasteiger partial charge in [-0.05, 0) is 58.9 Å². The van der Waals surface area contributed by atoms with Crippen molar-refractivity contribution in [3.63, 3.8) is 0 Å². The van der Waals surface area contributed by atoms with E-state index in [2.05, 4.69) is 10.3 Å². The number of carbonyl (C=O) groups is 2. The van der Waals surface area contributed by atoms with Crippen LogP contribution in [0, 0.1) is 17.6 Å². The molecule has 1 amide bonds. The molecule has 10 heteroatoms. The Bertz CT molecular complexity index is 1300. The summed E-state index contributed by atoms with van der Waals surface area (Å²) in [4.78, 5) is 27.2. The van der Waals surface area contributed by atoms with Crippen molar-refractivity contribution >= 4 is 11.9 Å². The van der Waals surface area contributed by atoms with Crippen LogP contribution < -0.4 is 20.5 Å². The highest BCUT2D eigenvalue weighted by Crippen LogP contribution is 2.32. The van der Waals surface area contributed by atoms with Gasteiger partial charge in [0.25, 0.3) is 11.8 Å². The Hall–Kier alpha value is -4.05. The summed E-state index contributed by atoms with van der Waals surface area (Å²) >= 11 is 0. The number of aromatic nitrogens is 1. The van der Waals surface area contributed by atoms with Gasteiger partial charge >= 0.3 is 5.97 Å². The lowest BCUT2D eigenvalue weighted by Gasteiger charge is -2.17. The van der Waals surface area contributed by atoms with E-state index in [9.17, 15) is 23.5 Å². The van der Waals surface area contributed by atoms with Crippen LogP contribution in [0.5, 0.6) is 17.5 Å². The molecule has 0 bridgehead atoms.